The van der Waals surface area contributed by atoms with Crippen LogP contribution in [-0.4, -0.2) is 9.97 Å². The number of benzene rings is 1. The lowest BCUT2D eigenvalue weighted by atomic mass is 10.2. The van der Waals surface area contributed by atoms with Crippen molar-refractivity contribution < 1.29 is 4.74 Å². The number of aromatic nitrogens is 2. The fourth-order valence-corrected chi connectivity index (χ4v) is 2.17. The molecule has 1 aromatic carbocycles. The Hall–Kier alpha value is -2.93. The number of ether oxygens (including phenoxy) is 1. The first-order chi connectivity index (χ1) is 10.2. The van der Waals surface area contributed by atoms with E-state index in [0.29, 0.717) is 17.2 Å². The van der Waals surface area contributed by atoms with Crippen molar-refractivity contribution >= 4 is 10.9 Å². The van der Waals surface area contributed by atoms with Crippen LogP contribution in [0.1, 0.15) is 17.0 Å². The van der Waals surface area contributed by atoms with Crippen LogP contribution in [0, 0.1) is 25.2 Å². The van der Waals surface area contributed by atoms with Crippen LogP contribution < -0.4 is 4.74 Å². The van der Waals surface area contributed by atoms with Crippen molar-refractivity contribution in [1.29, 1.82) is 5.26 Å². The van der Waals surface area contributed by atoms with Gasteiger partial charge in [-0.05, 0) is 32.0 Å². The van der Waals surface area contributed by atoms with Crippen LogP contribution in [-0.2, 0) is 0 Å². The largest absolute Gasteiger partial charge is 0.437 e. The third-order valence-corrected chi connectivity index (χ3v) is 3.10. The molecule has 21 heavy (non-hydrogen) atoms. The van der Waals surface area contributed by atoms with Crippen molar-refractivity contribution in [2.45, 2.75) is 13.8 Å². The van der Waals surface area contributed by atoms with Gasteiger partial charge in [-0.25, -0.2) is 9.97 Å². The molecule has 102 valence electrons. The van der Waals surface area contributed by atoms with Crippen LogP contribution in [0.5, 0.6) is 11.6 Å². The molecule has 4 nitrogen and oxygen atoms in total. The summed E-state index contributed by atoms with van der Waals surface area (Å²) in [6.45, 7) is 3.77. The summed E-state index contributed by atoms with van der Waals surface area (Å²) < 4.78 is 5.85. The molecule has 2 aromatic heterocycles. The van der Waals surface area contributed by atoms with E-state index in [1.165, 1.54) is 0 Å². The van der Waals surface area contributed by atoms with Crippen molar-refractivity contribution in [2.24, 2.45) is 0 Å². The molecule has 3 rings (SSSR count). The molecule has 0 aliphatic carbocycles. The topological polar surface area (TPSA) is 58.8 Å². The molecule has 3 aromatic rings. The number of rotatable bonds is 2. The fraction of sp³-hybridized carbons (Fsp3) is 0.118. The molecule has 0 atom stereocenters. The van der Waals surface area contributed by atoms with Gasteiger partial charge in [-0.1, -0.05) is 18.2 Å². The molecule has 0 unspecified atom stereocenters. The molecule has 0 spiro atoms. The van der Waals surface area contributed by atoms with Gasteiger partial charge in [0.05, 0.1) is 11.6 Å². The summed E-state index contributed by atoms with van der Waals surface area (Å²) in [5, 5.41) is 10.0. The Morgan fingerprint density at radius 2 is 1.86 bits per heavy atom. The van der Waals surface area contributed by atoms with Gasteiger partial charge in [0.2, 0.25) is 5.88 Å². The quantitative estimate of drug-likeness (QED) is 0.711. The van der Waals surface area contributed by atoms with E-state index in [2.05, 4.69) is 16.0 Å². The predicted octanol–water partition coefficient (Wildman–Crippen LogP) is 3.91. The standard InChI is InChI=1S/C17H13N3O/c1-11-6-7-14-4-3-5-15(17(14)20-11)21-16-9-13(10-18)8-12(2)19-16/h3-9H,1-2H3. The smallest absolute Gasteiger partial charge is 0.220 e. The maximum Gasteiger partial charge on any atom is 0.220 e. The molecule has 0 aliphatic rings. The first-order valence-electron chi connectivity index (χ1n) is 6.59. The molecular weight excluding hydrogens is 262 g/mol. The van der Waals surface area contributed by atoms with Gasteiger partial charge in [0.25, 0.3) is 0 Å². The van der Waals surface area contributed by atoms with Crippen molar-refractivity contribution in [3.8, 4) is 17.7 Å². The molecule has 0 saturated carbocycles. The van der Waals surface area contributed by atoms with Gasteiger partial charge in [0.15, 0.2) is 5.75 Å². The molecule has 0 saturated heterocycles. The lowest BCUT2D eigenvalue weighted by molar-refractivity contribution is 0.465. The normalized spacial score (nSPS) is 10.3. The Bertz CT molecular complexity index is 866. The SMILES string of the molecule is Cc1cc(C#N)cc(Oc2cccc3ccc(C)nc23)n1. The van der Waals surface area contributed by atoms with Gasteiger partial charge in [-0.3, -0.25) is 0 Å². The summed E-state index contributed by atoms with van der Waals surface area (Å²) in [7, 11) is 0. The van der Waals surface area contributed by atoms with Gasteiger partial charge in [0, 0.05) is 22.8 Å². The Balaban J connectivity index is 2.08. The highest BCUT2D eigenvalue weighted by atomic mass is 16.5. The van der Waals surface area contributed by atoms with Gasteiger partial charge >= 0.3 is 0 Å². The number of para-hydroxylation sites is 1. The van der Waals surface area contributed by atoms with Crippen LogP contribution in [0.4, 0.5) is 0 Å². The Kier molecular flexibility index (Phi) is 3.25. The fourth-order valence-electron chi connectivity index (χ4n) is 2.17. The summed E-state index contributed by atoms with van der Waals surface area (Å²) in [6.07, 6.45) is 0. The van der Waals surface area contributed by atoms with Crippen LogP contribution in [0.15, 0.2) is 42.5 Å². The zero-order chi connectivity index (χ0) is 14.8. The maximum absolute atomic E-state index is 9.02. The number of hydrogen-bond donors (Lipinski definition) is 0. The molecule has 0 amide bonds. The first kappa shape index (κ1) is 13.1. The summed E-state index contributed by atoms with van der Waals surface area (Å²) in [6, 6.07) is 15.2. The molecule has 0 N–H and O–H groups in total. The van der Waals surface area contributed by atoms with Crippen LogP contribution >= 0.6 is 0 Å². The number of fused-ring (bicyclic) bond motifs is 1. The van der Waals surface area contributed by atoms with Gasteiger partial charge in [-0.15, -0.1) is 0 Å². The molecule has 0 radical (unpaired) electrons. The Labute approximate surface area is 122 Å². The minimum atomic E-state index is 0.405. The Morgan fingerprint density at radius 3 is 2.67 bits per heavy atom. The third-order valence-electron chi connectivity index (χ3n) is 3.10. The van der Waals surface area contributed by atoms with Gasteiger partial charge < -0.3 is 4.74 Å². The average Bonchev–Trinajstić information content (AvgIpc) is 2.47. The predicted molar refractivity (Wildman–Crippen MR) is 80.2 cm³/mol. The van der Waals surface area contributed by atoms with E-state index in [-0.39, 0.29) is 0 Å². The molecule has 0 bridgehead atoms. The van der Waals surface area contributed by atoms with E-state index < -0.39 is 0 Å². The number of hydrogen-bond acceptors (Lipinski definition) is 4. The molecule has 0 fully saturated rings. The van der Waals surface area contributed by atoms with E-state index in [1.807, 2.05) is 44.2 Å². The van der Waals surface area contributed by atoms with E-state index in [0.717, 1.165) is 22.3 Å². The maximum atomic E-state index is 9.02. The number of pyridine rings is 2. The number of nitrogens with zero attached hydrogens (tertiary/aromatic N) is 3. The minimum Gasteiger partial charge on any atom is -0.437 e. The zero-order valence-corrected chi connectivity index (χ0v) is 11.8. The van der Waals surface area contributed by atoms with E-state index in [1.54, 1.807) is 12.1 Å². The molecular formula is C17H13N3O. The Morgan fingerprint density at radius 1 is 1.00 bits per heavy atom. The lowest BCUT2D eigenvalue weighted by Crippen LogP contribution is -1.94. The number of nitriles is 1. The molecule has 4 heteroatoms. The van der Waals surface area contributed by atoms with Gasteiger partial charge in [0.1, 0.15) is 5.52 Å². The molecule has 2 heterocycles. The second-order valence-electron chi connectivity index (χ2n) is 4.83. The van der Waals surface area contributed by atoms with Crippen LogP contribution in [0.3, 0.4) is 0 Å². The second kappa shape index (κ2) is 5.22. The van der Waals surface area contributed by atoms with Crippen molar-refractivity contribution in [3.63, 3.8) is 0 Å². The van der Waals surface area contributed by atoms with Crippen LogP contribution in [0.2, 0.25) is 0 Å². The first-order valence-corrected chi connectivity index (χ1v) is 6.59. The second-order valence-corrected chi connectivity index (χ2v) is 4.83. The summed E-state index contributed by atoms with van der Waals surface area (Å²) >= 11 is 0. The number of aryl methyl sites for hydroxylation is 2. The van der Waals surface area contributed by atoms with Crippen LogP contribution in [0.25, 0.3) is 10.9 Å². The van der Waals surface area contributed by atoms with E-state index >= 15 is 0 Å². The van der Waals surface area contributed by atoms with Crippen molar-refractivity contribution in [3.05, 3.63) is 59.4 Å². The monoisotopic (exact) mass is 275 g/mol. The lowest BCUT2D eigenvalue weighted by Gasteiger charge is -2.09. The summed E-state index contributed by atoms with van der Waals surface area (Å²) in [4.78, 5) is 8.82. The summed E-state index contributed by atoms with van der Waals surface area (Å²) in [5.74, 6) is 1.04. The summed E-state index contributed by atoms with van der Waals surface area (Å²) in [5.41, 5.74) is 2.99. The van der Waals surface area contributed by atoms with E-state index in [4.69, 9.17) is 10.00 Å². The molecule has 0 aliphatic heterocycles. The van der Waals surface area contributed by atoms with Crippen molar-refractivity contribution in [1.82, 2.24) is 9.97 Å². The van der Waals surface area contributed by atoms with Gasteiger partial charge in [-0.2, -0.15) is 5.26 Å². The average molecular weight is 275 g/mol. The zero-order valence-electron chi connectivity index (χ0n) is 11.8. The van der Waals surface area contributed by atoms with E-state index in [9.17, 15) is 0 Å². The highest BCUT2D eigenvalue weighted by molar-refractivity contribution is 5.84. The highest BCUT2D eigenvalue weighted by Crippen LogP contribution is 2.28. The highest BCUT2D eigenvalue weighted by Gasteiger charge is 2.07. The minimum absolute atomic E-state index is 0.405. The van der Waals surface area contributed by atoms with Crippen molar-refractivity contribution in [2.75, 3.05) is 0 Å². The third kappa shape index (κ3) is 2.67.